The molecular weight excluding hydrogens is 122 g/mol. The van der Waals surface area contributed by atoms with Gasteiger partial charge in [-0.05, 0) is 0 Å². The summed E-state index contributed by atoms with van der Waals surface area (Å²) in [6.07, 6.45) is 2.29. The second-order valence-corrected chi connectivity index (χ2v) is 1.46. The van der Waals surface area contributed by atoms with Gasteiger partial charge in [0, 0.05) is 12.3 Å². The number of hydrogen-bond acceptors (Lipinski definition) is 3. The molecule has 0 radical (unpaired) electrons. The second-order valence-electron chi connectivity index (χ2n) is 1.46. The maximum atomic E-state index is 10.4. The topological polar surface area (TPSA) is 66.7 Å². The van der Waals surface area contributed by atoms with Gasteiger partial charge < -0.3 is 5.11 Å². The lowest BCUT2D eigenvalue weighted by Crippen LogP contribution is -2.18. The molecule has 0 unspecified atom stereocenters. The number of hydrogen-bond donors (Lipinski definition) is 1. The van der Waals surface area contributed by atoms with E-state index in [4.69, 9.17) is 5.11 Å². The van der Waals surface area contributed by atoms with Gasteiger partial charge >= 0.3 is 5.97 Å². The van der Waals surface area contributed by atoms with E-state index >= 15 is 0 Å². The molecule has 1 heterocycles. The van der Waals surface area contributed by atoms with Gasteiger partial charge in [0.05, 0.1) is 0 Å². The molecule has 0 amide bonds. The summed E-state index contributed by atoms with van der Waals surface area (Å²) in [5, 5.41) is 8.19. The molecular formula is C5H3NO3. The maximum absolute atomic E-state index is 10.4. The van der Waals surface area contributed by atoms with Crippen molar-refractivity contribution in [2.24, 2.45) is 4.99 Å². The van der Waals surface area contributed by atoms with Crippen molar-refractivity contribution in [3.05, 3.63) is 12.3 Å². The smallest absolute Gasteiger partial charge is 0.358 e. The Kier molecular flexibility index (Phi) is 1.14. The number of aliphatic carboxylic acids is 1. The third kappa shape index (κ3) is 0.861. The van der Waals surface area contributed by atoms with Gasteiger partial charge in [0.15, 0.2) is 5.71 Å². The number of rotatable bonds is 1. The van der Waals surface area contributed by atoms with E-state index in [9.17, 15) is 9.59 Å². The molecule has 9 heavy (non-hydrogen) atoms. The summed E-state index contributed by atoms with van der Waals surface area (Å²) >= 11 is 0. The molecule has 0 aliphatic carbocycles. The maximum Gasteiger partial charge on any atom is 0.358 e. The van der Waals surface area contributed by atoms with Crippen LogP contribution in [0.3, 0.4) is 0 Å². The largest absolute Gasteiger partial charge is 0.476 e. The molecule has 4 nitrogen and oxygen atoms in total. The first-order valence-electron chi connectivity index (χ1n) is 2.24. The zero-order valence-electron chi connectivity index (χ0n) is 4.37. The van der Waals surface area contributed by atoms with Crippen LogP contribution in [0.2, 0.25) is 0 Å². The number of carboxylic acid groups (broad SMARTS) is 1. The number of allylic oxidation sites excluding steroid dienone is 1. The number of nitrogens with zero attached hydrogens (tertiary/aromatic N) is 1. The Morgan fingerprint density at radius 3 is 2.56 bits per heavy atom. The fourth-order valence-electron chi connectivity index (χ4n) is 0.483. The molecule has 0 saturated heterocycles. The number of carboxylic acids is 1. The van der Waals surface area contributed by atoms with Crippen LogP contribution < -0.4 is 0 Å². The summed E-state index contributed by atoms with van der Waals surface area (Å²) in [6.45, 7) is 0. The van der Waals surface area contributed by atoms with Crippen molar-refractivity contribution in [1.29, 1.82) is 0 Å². The van der Waals surface area contributed by atoms with Gasteiger partial charge in [0.1, 0.15) is 0 Å². The molecule has 0 aromatic carbocycles. The highest BCUT2D eigenvalue weighted by Gasteiger charge is 2.18. The van der Waals surface area contributed by atoms with Gasteiger partial charge in [-0.15, -0.1) is 0 Å². The van der Waals surface area contributed by atoms with Gasteiger partial charge in [-0.3, -0.25) is 4.79 Å². The molecule has 0 bridgehead atoms. The number of carbonyl (C=O) groups excluding carboxylic acids is 1. The van der Waals surface area contributed by atoms with E-state index in [0.29, 0.717) is 0 Å². The van der Waals surface area contributed by atoms with E-state index in [0.717, 1.165) is 6.08 Å². The highest BCUT2D eigenvalue weighted by Crippen LogP contribution is 1.94. The molecule has 0 saturated carbocycles. The Labute approximate surface area is 50.5 Å². The predicted octanol–water partition coefficient (Wildman–Crippen LogP) is -0.392. The third-order valence-electron chi connectivity index (χ3n) is 0.866. The molecule has 0 atom stereocenters. The summed E-state index contributed by atoms with van der Waals surface area (Å²) in [5.74, 6) is -1.81. The van der Waals surface area contributed by atoms with Gasteiger partial charge in [-0.1, -0.05) is 0 Å². The fraction of sp³-hybridized carbons (Fsp3) is 0. The van der Waals surface area contributed by atoms with E-state index in [1.807, 2.05) is 0 Å². The van der Waals surface area contributed by atoms with Crippen LogP contribution in [0.25, 0.3) is 0 Å². The van der Waals surface area contributed by atoms with Crippen molar-refractivity contribution in [1.82, 2.24) is 0 Å². The normalized spacial score (nSPS) is 16.0. The van der Waals surface area contributed by atoms with Crippen LogP contribution in [0.5, 0.6) is 0 Å². The van der Waals surface area contributed by atoms with E-state index in [-0.39, 0.29) is 0 Å². The van der Waals surface area contributed by atoms with Crippen LogP contribution in [-0.4, -0.2) is 22.6 Å². The second kappa shape index (κ2) is 1.81. The summed E-state index contributed by atoms with van der Waals surface area (Å²) in [5.41, 5.74) is -0.407. The van der Waals surface area contributed by atoms with Crippen LogP contribution in [-0.2, 0) is 9.59 Å². The number of aliphatic imine (C=N–C) groups is 1. The zero-order chi connectivity index (χ0) is 6.85. The van der Waals surface area contributed by atoms with Crippen molar-refractivity contribution in [2.45, 2.75) is 0 Å². The average Bonchev–Trinajstić information content (AvgIpc) is 2.13. The minimum atomic E-state index is -1.27. The van der Waals surface area contributed by atoms with E-state index in [1.54, 1.807) is 0 Å². The Morgan fingerprint density at radius 1 is 1.67 bits per heavy atom. The van der Waals surface area contributed by atoms with Crippen molar-refractivity contribution >= 4 is 17.5 Å². The molecule has 0 aromatic rings. The molecule has 0 spiro atoms. The van der Waals surface area contributed by atoms with E-state index < -0.39 is 17.5 Å². The van der Waals surface area contributed by atoms with Gasteiger partial charge in [0.25, 0.3) is 0 Å². The van der Waals surface area contributed by atoms with Crippen LogP contribution in [0.4, 0.5) is 0 Å². The quantitative estimate of drug-likeness (QED) is 0.518. The summed E-state index contributed by atoms with van der Waals surface area (Å²) < 4.78 is 0. The number of carbonyl (C=O) groups is 2. The SMILES string of the molecule is O=C(O)C1=NC=CC1=O. The highest BCUT2D eigenvalue weighted by atomic mass is 16.4. The molecule has 1 aliphatic heterocycles. The lowest BCUT2D eigenvalue weighted by Gasteiger charge is -1.84. The molecule has 0 fully saturated rings. The minimum absolute atomic E-state index is 0.407. The van der Waals surface area contributed by atoms with Crippen LogP contribution >= 0.6 is 0 Å². The van der Waals surface area contributed by atoms with Crippen molar-refractivity contribution < 1.29 is 14.7 Å². The van der Waals surface area contributed by atoms with Crippen LogP contribution in [0, 0.1) is 0 Å². The monoisotopic (exact) mass is 125 g/mol. The Morgan fingerprint density at radius 2 is 2.33 bits per heavy atom. The standard InChI is InChI=1S/C5H3NO3/c7-3-1-2-6-4(3)5(8)9/h1-2H,(H,8,9). The number of ketones is 1. The lowest BCUT2D eigenvalue weighted by molar-refractivity contribution is -0.130. The molecule has 1 rings (SSSR count). The Balaban J connectivity index is 2.88. The highest BCUT2D eigenvalue weighted by molar-refractivity contribution is 6.67. The molecule has 1 N–H and O–H groups in total. The van der Waals surface area contributed by atoms with Crippen molar-refractivity contribution in [3.63, 3.8) is 0 Å². The molecule has 0 aromatic heterocycles. The minimum Gasteiger partial charge on any atom is -0.476 e. The van der Waals surface area contributed by atoms with Gasteiger partial charge in [-0.25, -0.2) is 9.79 Å². The Bertz CT molecular complexity index is 226. The molecule has 4 heteroatoms. The van der Waals surface area contributed by atoms with E-state index in [2.05, 4.69) is 4.99 Å². The van der Waals surface area contributed by atoms with Crippen molar-refractivity contribution in [3.8, 4) is 0 Å². The van der Waals surface area contributed by atoms with Crippen LogP contribution in [0.15, 0.2) is 17.3 Å². The van der Waals surface area contributed by atoms with Gasteiger partial charge in [-0.2, -0.15) is 0 Å². The summed E-state index contributed by atoms with van der Waals surface area (Å²) in [4.78, 5) is 23.7. The van der Waals surface area contributed by atoms with Crippen LogP contribution in [0.1, 0.15) is 0 Å². The Hall–Kier alpha value is -1.45. The predicted molar refractivity (Wildman–Crippen MR) is 29.2 cm³/mol. The average molecular weight is 125 g/mol. The van der Waals surface area contributed by atoms with Crippen molar-refractivity contribution in [2.75, 3.05) is 0 Å². The molecule has 46 valence electrons. The molecule has 1 aliphatic rings. The van der Waals surface area contributed by atoms with E-state index in [1.165, 1.54) is 6.20 Å². The fourth-order valence-corrected chi connectivity index (χ4v) is 0.483. The van der Waals surface area contributed by atoms with Gasteiger partial charge in [0.2, 0.25) is 5.78 Å². The lowest BCUT2D eigenvalue weighted by atomic mass is 10.3. The first-order chi connectivity index (χ1) is 4.22. The summed E-state index contributed by atoms with van der Waals surface area (Å²) in [7, 11) is 0. The third-order valence-corrected chi connectivity index (χ3v) is 0.866. The summed E-state index contributed by atoms with van der Waals surface area (Å²) in [6, 6.07) is 0. The first kappa shape index (κ1) is 5.68. The first-order valence-corrected chi connectivity index (χ1v) is 2.24. The zero-order valence-corrected chi connectivity index (χ0v) is 4.37.